The first-order chi connectivity index (χ1) is 9.51. The first kappa shape index (κ1) is 16.1. The van der Waals surface area contributed by atoms with Gasteiger partial charge in [-0.1, -0.05) is 33.6 Å². The van der Waals surface area contributed by atoms with Gasteiger partial charge in [-0.05, 0) is 61.7 Å². The molecule has 0 bridgehead atoms. The molecule has 0 spiro atoms. The molecule has 0 heterocycles. The van der Waals surface area contributed by atoms with Crippen LogP contribution in [0.4, 0.5) is 5.69 Å². The minimum absolute atomic E-state index is 0.612. The van der Waals surface area contributed by atoms with Crippen LogP contribution >= 0.6 is 59.4 Å². The van der Waals surface area contributed by atoms with E-state index in [-0.39, 0.29) is 0 Å². The second-order valence-corrected chi connectivity index (χ2v) is 7.10. The summed E-state index contributed by atoms with van der Waals surface area (Å²) < 4.78 is 8.12. The Labute approximate surface area is 148 Å². The maximum absolute atomic E-state index is 6.12. The fourth-order valence-corrected chi connectivity index (χ4v) is 4.54. The molecule has 2 aromatic rings. The van der Waals surface area contributed by atoms with Gasteiger partial charge in [0.2, 0.25) is 0 Å². The Morgan fingerprint density at radius 1 is 1.10 bits per heavy atom. The molecule has 106 valence electrons. The molecular weight excluding hydrogens is 473 g/mol. The van der Waals surface area contributed by atoms with E-state index >= 15 is 0 Å². The molecule has 0 radical (unpaired) electrons. The number of hydrogen-bond donors (Lipinski definition) is 1. The van der Waals surface area contributed by atoms with Crippen molar-refractivity contribution in [1.82, 2.24) is 0 Å². The van der Waals surface area contributed by atoms with Crippen LogP contribution in [0, 0.1) is 0 Å². The Hall–Kier alpha value is -0.230. The van der Waals surface area contributed by atoms with Crippen LogP contribution in [0.5, 0.6) is 5.75 Å². The van der Waals surface area contributed by atoms with Crippen LogP contribution in [-0.4, -0.2) is 7.11 Å². The van der Waals surface area contributed by atoms with Gasteiger partial charge in [0.25, 0.3) is 0 Å². The van der Waals surface area contributed by atoms with Gasteiger partial charge in [-0.25, -0.2) is 0 Å². The number of nitrogens with one attached hydrogen (secondary N) is 1. The van der Waals surface area contributed by atoms with E-state index < -0.39 is 0 Å². The number of benzene rings is 2. The van der Waals surface area contributed by atoms with E-state index in [0.29, 0.717) is 17.3 Å². The molecule has 2 nitrogen and oxygen atoms in total. The lowest BCUT2D eigenvalue weighted by Gasteiger charge is -2.12. The fraction of sp³-hybridized carbons (Fsp3) is 0.143. The number of rotatable bonds is 4. The highest BCUT2D eigenvalue weighted by atomic mass is 79.9. The highest BCUT2D eigenvalue weighted by Crippen LogP contribution is 2.35. The number of halogens is 4. The molecule has 0 aliphatic carbocycles. The smallest absolute Gasteiger partial charge is 0.137 e. The van der Waals surface area contributed by atoms with Crippen LogP contribution in [0.1, 0.15) is 5.56 Å². The zero-order valence-corrected chi connectivity index (χ0v) is 16.0. The summed E-state index contributed by atoms with van der Waals surface area (Å²) in [6.45, 7) is 0.669. The van der Waals surface area contributed by atoms with E-state index in [0.717, 1.165) is 24.7 Å². The second kappa shape index (κ2) is 7.16. The average Bonchev–Trinajstić information content (AvgIpc) is 2.37. The van der Waals surface area contributed by atoms with Crippen LogP contribution in [0.25, 0.3) is 0 Å². The molecule has 0 saturated carbocycles. The molecule has 0 unspecified atom stereocenters. The Morgan fingerprint density at radius 2 is 1.75 bits per heavy atom. The summed E-state index contributed by atoms with van der Waals surface area (Å²) in [5.74, 6) is 0.682. The summed E-state index contributed by atoms with van der Waals surface area (Å²) in [5.41, 5.74) is 2.08. The van der Waals surface area contributed by atoms with Crippen molar-refractivity contribution in [1.29, 1.82) is 0 Å². The molecule has 0 aromatic heterocycles. The van der Waals surface area contributed by atoms with Crippen molar-refractivity contribution in [2.45, 2.75) is 6.54 Å². The zero-order valence-electron chi connectivity index (χ0n) is 10.5. The molecule has 0 saturated heterocycles. The van der Waals surface area contributed by atoms with Crippen molar-refractivity contribution in [2.24, 2.45) is 0 Å². The average molecular weight is 484 g/mol. The highest BCUT2D eigenvalue weighted by Gasteiger charge is 2.07. The molecule has 0 atom stereocenters. The lowest BCUT2D eigenvalue weighted by Crippen LogP contribution is -2.01. The quantitative estimate of drug-likeness (QED) is 0.554. The van der Waals surface area contributed by atoms with Crippen LogP contribution in [0.15, 0.2) is 43.7 Å². The normalized spacial score (nSPS) is 10.4. The van der Waals surface area contributed by atoms with E-state index in [1.54, 1.807) is 7.11 Å². The SMILES string of the molecule is COc1ccc(CNc2c(Br)cc(Br)cc2Br)cc1Cl. The molecule has 2 rings (SSSR count). The van der Waals surface area contributed by atoms with Gasteiger partial charge in [0.15, 0.2) is 0 Å². The largest absolute Gasteiger partial charge is 0.495 e. The van der Waals surface area contributed by atoms with Gasteiger partial charge >= 0.3 is 0 Å². The van der Waals surface area contributed by atoms with Gasteiger partial charge in [0.05, 0.1) is 17.8 Å². The second-order valence-electron chi connectivity index (χ2n) is 4.07. The lowest BCUT2D eigenvalue weighted by molar-refractivity contribution is 0.415. The number of hydrogen-bond acceptors (Lipinski definition) is 2. The topological polar surface area (TPSA) is 21.3 Å². The highest BCUT2D eigenvalue weighted by molar-refractivity contribution is 9.11. The standard InChI is InChI=1S/C14H11Br3ClNO/c1-20-13-3-2-8(4-12(13)18)7-19-14-10(16)5-9(15)6-11(14)17/h2-6,19H,7H2,1H3. The summed E-state index contributed by atoms with van der Waals surface area (Å²) in [6.07, 6.45) is 0. The predicted molar refractivity (Wildman–Crippen MR) is 94.9 cm³/mol. The van der Waals surface area contributed by atoms with E-state index in [4.69, 9.17) is 16.3 Å². The minimum atomic E-state index is 0.612. The first-order valence-electron chi connectivity index (χ1n) is 5.72. The Morgan fingerprint density at radius 3 is 2.30 bits per heavy atom. The van der Waals surface area contributed by atoms with E-state index in [1.165, 1.54) is 0 Å². The van der Waals surface area contributed by atoms with Crippen molar-refractivity contribution in [3.63, 3.8) is 0 Å². The third-order valence-corrected chi connectivity index (χ3v) is 4.70. The van der Waals surface area contributed by atoms with Crippen LogP contribution in [0.2, 0.25) is 5.02 Å². The minimum Gasteiger partial charge on any atom is -0.495 e. The molecule has 2 aromatic carbocycles. The molecule has 20 heavy (non-hydrogen) atoms. The number of anilines is 1. The van der Waals surface area contributed by atoms with Gasteiger partial charge in [0.1, 0.15) is 5.75 Å². The van der Waals surface area contributed by atoms with Crippen LogP contribution in [0.3, 0.4) is 0 Å². The first-order valence-corrected chi connectivity index (χ1v) is 8.48. The van der Waals surface area contributed by atoms with E-state index in [2.05, 4.69) is 53.1 Å². The molecule has 1 N–H and O–H groups in total. The summed E-state index contributed by atoms with van der Waals surface area (Å²) >= 11 is 16.6. The van der Waals surface area contributed by atoms with Crippen molar-refractivity contribution in [3.05, 3.63) is 54.3 Å². The zero-order chi connectivity index (χ0) is 14.7. The molecule has 0 fully saturated rings. The maximum Gasteiger partial charge on any atom is 0.137 e. The van der Waals surface area contributed by atoms with Gasteiger partial charge in [0, 0.05) is 20.0 Å². The van der Waals surface area contributed by atoms with Gasteiger partial charge in [-0.3, -0.25) is 0 Å². The Bertz CT molecular complexity index is 611. The van der Waals surface area contributed by atoms with E-state index in [9.17, 15) is 0 Å². The van der Waals surface area contributed by atoms with Gasteiger partial charge in [-0.2, -0.15) is 0 Å². The summed E-state index contributed by atoms with van der Waals surface area (Å²) in [5, 5.41) is 3.99. The fourth-order valence-electron chi connectivity index (χ4n) is 1.72. The molecule has 6 heteroatoms. The maximum atomic E-state index is 6.12. The number of methoxy groups -OCH3 is 1. The van der Waals surface area contributed by atoms with Crippen molar-refractivity contribution in [3.8, 4) is 5.75 Å². The molecule has 0 aliphatic heterocycles. The molecular formula is C14H11Br3ClNO. The third-order valence-electron chi connectivity index (χ3n) is 2.69. The van der Waals surface area contributed by atoms with Crippen LogP contribution < -0.4 is 10.1 Å². The molecule has 0 aliphatic rings. The monoisotopic (exact) mass is 481 g/mol. The van der Waals surface area contributed by atoms with Gasteiger partial charge in [-0.15, -0.1) is 0 Å². The Kier molecular flexibility index (Phi) is 5.78. The van der Waals surface area contributed by atoms with Crippen LogP contribution in [-0.2, 0) is 6.54 Å². The predicted octanol–water partition coefficient (Wildman–Crippen LogP) is 6.25. The van der Waals surface area contributed by atoms with Crippen molar-refractivity contribution in [2.75, 3.05) is 12.4 Å². The lowest BCUT2D eigenvalue weighted by atomic mass is 10.2. The van der Waals surface area contributed by atoms with Crippen molar-refractivity contribution < 1.29 is 4.74 Å². The summed E-state index contributed by atoms with van der Waals surface area (Å²) in [7, 11) is 1.61. The van der Waals surface area contributed by atoms with Gasteiger partial charge < -0.3 is 10.1 Å². The molecule has 0 amide bonds. The van der Waals surface area contributed by atoms with E-state index in [1.807, 2.05) is 30.3 Å². The summed E-state index contributed by atoms with van der Waals surface area (Å²) in [6, 6.07) is 9.74. The van der Waals surface area contributed by atoms with Crippen molar-refractivity contribution >= 4 is 65.1 Å². The number of ether oxygens (including phenoxy) is 1. The summed E-state index contributed by atoms with van der Waals surface area (Å²) in [4.78, 5) is 0. The third kappa shape index (κ3) is 3.91. The Balaban J connectivity index is 2.15.